The van der Waals surface area contributed by atoms with Gasteiger partial charge in [0.1, 0.15) is 5.75 Å². The number of phenols is 1. The van der Waals surface area contributed by atoms with Gasteiger partial charge in [-0.25, -0.2) is 0 Å². The summed E-state index contributed by atoms with van der Waals surface area (Å²) >= 11 is 0. The Kier molecular flexibility index (Phi) is 2.64. The van der Waals surface area contributed by atoms with Gasteiger partial charge in [0, 0.05) is 0 Å². The molecule has 1 N–H and O–H groups in total. The molecule has 0 amide bonds. The smallest absolute Gasteiger partial charge is 0.115 e. The molecule has 2 nitrogen and oxygen atoms in total. The Bertz CT molecular complexity index is 386. The van der Waals surface area contributed by atoms with Crippen LogP contribution in [-0.4, -0.2) is 5.11 Å². The van der Waals surface area contributed by atoms with E-state index in [4.69, 9.17) is 0 Å². The van der Waals surface area contributed by atoms with Gasteiger partial charge in [0.2, 0.25) is 0 Å². The molecule has 1 aromatic carbocycles. The van der Waals surface area contributed by atoms with Gasteiger partial charge in [-0.1, -0.05) is 25.0 Å². The van der Waals surface area contributed by atoms with Gasteiger partial charge in [-0.3, -0.25) is 0 Å². The topological polar surface area (TPSA) is 44.0 Å². The van der Waals surface area contributed by atoms with E-state index < -0.39 is 0 Å². The van der Waals surface area contributed by atoms with Crippen molar-refractivity contribution in [3.63, 3.8) is 0 Å². The summed E-state index contributed by atoms with van der Waals surface area (Å²) in [5.41, 5.74) is 0.895. The number of phenolic OH excluding ortho intramolecular Hbond substituents is 1. The second kappa shape index (κ2) is 3.94. The third-order valence-corrected chi connectivity index (χ3v) is 3.25. The normalized spacial score (nSPS) is 18.6. The third-order valence-electron chi connectivity index (χ3n) is 3.25. The molecule has 1 saturated carbocycles. The Hall–Kier alpha value is -1.49. The van der Waals surface area contributed by atoms with Crippen molar-refractivity contribution >= 4 is 0 Å². The first-order valence-electron chi connectivity index (χ1n) is 5.43. The van der Waals surface area contributed by atoms with Gasteiger partial charge < -0.3 is 5.11 Å². The fourth-order valence-electron chi connectivity index (χ4n) is 2.44. The SMILES string of the molecule is N#CC1(Cc2cccc(O)c2)CCCC1. The average molecular weight is 201 g/mol. The highest BCUT2D eigenvalue weighted by Crippen LogP contribution is 2.40. The minimum atomic E-state index is -0.173. The van der Waals surface area contributed by atoms with Crippen LogP contribution in [0.5, 0.6) is 5.75 Å². The standard InChI is InChI=1S/C13H15NO/c14-10-13(6-1-2-7-13)9-11-4-3-5-12(15)8-11/h3-5,8,15H,1-2,6-7,9H2. The zero-order valence-corrected chi connectivity index (χ0v) is 8.74. The van der Waals surface area contributed by atoms with Crippen molar-refractivity contribution in [2.75, 3.05) is 0 Å². The van der Waals surface area contributed by atoms with Crippen LogP contribution in [0.1, 0.15) is 31.2 Å². The summed E-state index contributed by atoms with van der Waals surface area (Å²) < 4.78 is 0. The van der Waals surface area contributed by atoms with E-state index in [1.54, 1.807) is 12.1 Å². The first-order chi connectivity index (χ1) is 7.24. The molecule has 0 aliphatic heterocycles. The van der Waals surface area contributed by atoms with Crippen LogP contribution < -0.4 is 0 Å². The minimum Gasteiger partial charge on any atom is -0.508 e. The monoisotopic (exact) mass is 201 g/mol. The summed E-state index contributed by atoms with van der Waals surface area (Å²) in [7, 11) is 0. The quantitative estimate of drug-likeness (QED) is 0.799. The highest BCUT2D eigenvalue weighted by atomic mass is 16.3. The lowest BCUT2D eigenvalue weighted by Gasteiger charge is -2.19. The first kappa shape index (κ1) is 10.0. The maximum Gasteiger partial charge on any atom is 0.115 e. The molecule has 15 heavy (non-hydrogen) atoms. The Morgan fingerprint density at radius 1 is 1.33 bits per heavy atom. The summed E-state index contributed by atoms with van der Waals surface area (Å²) in [5.74, 6) is 0.290. The van der Waals surface area contributed by atoms with E-state index in [0.717, 1.165) is 37.7 Å². The van der Waals surface area contributed by atoms with Crippen LogP contribution in [0.15, 0.2) is 24.3 Å². The molecule has 0 radical (unpaired) electrons. The van der Waals surface area contributed by atoms with E-state index in [2.05, 4.69) is 6.07 Å². The van der Waals surface area contributed by atoms with Crippen LogP contribution in [0.4, 0.5) is 0 Å². The van der Waals surface area contributed by atoms with Crippen LogP contribution in [0.3, 0.4) is 0 Å². The Morgan fingerprint density at radius 3 is 2.67 bits per heavy atom. The van der Waals surface area contributed by atoms with E-state index in [1.165, 1.54) is 0 Å². The molecule has 0 heterocycles. The molecule has 2 rings (SSSR count). The molecular formula is C13H15NO. The van der Waals surface area contributed by atoms with E-state index in [-0.39, 0.29) is 5.41 Å². The highest BCUT2D eigenvalue weighted by Gasteiger charge is 2.33. The summed E-state index contributed by atoms with van der Waals surface area (Å²) in [6.07, 6.45) is 5.09. The number of rotatable bonds is 2. The molecule has 1 aliphatic carbocycles. The molecular weight excluding hydrogens is 186 g/mol. The van der Waals surface area contributed by atoms with Crippen LogP contribution in [0.2, 0.25) is 0 Å². The molecule has 0 atom stereocenters. The molecule has 0 spiro atoms. The lowest BCUT2D eigenvalue weighted by Crippen LogP contribution is -2.16. The number of benzene rings is 1. The van der Waals surface area contributed by atoms with Gasteiger partial charge in [-0.05, 0) is 37.0 Å². The van der Waals surface area contributed by atoms with Crippen LogP contribution >= 0.6 is 0 Å². The summed E-state index contributed by atoms with van der Waals surface area (Å²) in [6.45, 7) is 0. The number of hydrogen-bond donors (Lipinski definition) is 1. The van der Waals surface area contributed by atoms with Gasteiger partial charge in [0.05, 0.1) is 11.5 Å². The lowest BCUT2D eigenvalue weighted by molar-refractivity contribution is 0.406. The molecule has 0 aromatic heterocycles. The van der Waals surface area contributed by atoms with Crippen LogP contribution in [0, 0.1) is 16.7 Å². The molecule has 1 aromatic rings. The second-order valence-electron chi connectivity index (χ2n) is 4.45. The van der Waals surface area contributed by atoms with Gasteiger partial charge in [-0.2, -0.15) is 5.26 Å². The molecule has 0 bridgehead atoms. The van der Waals surface area contributed by atoms with Crippen molar-refractivity contribution in [2.45, 2.75) is 32.1 Å². The van der Waals surface area contributed by atoms with E-state index in [0.29, 0.717) is 5.75 Å². The lowest BCUT2D eigenvalue weighted by atomic mass is 9.81. The summed E-state index contributed by atoms with van der Waals surface area (Å²) in [6, 6.07) is 9.71. The number of aromatic hydroxyl groups is 1. The minimum absolute atomic E-state index is 0.173. The number of hydrogen-bond acceptors (Lipinski definition) is 2. The first-order valence-corrected chi connectivity index (χ1v) is 5.43. The summed E-state index contributed by atoms with van der Waals surface area (Å²) in [4.78, 5) is 0. The maximum absolute atomic E-state index is 9.36. The average Bonchev–Trinajstić information content (AvgIpc) is 2.67. The highest BCUT2D eigenvalue weighted by molar-refractivity contribution is 5.29. The number of nitrogens with zero attached hydrogens (tertiary/aromatic N) is 1. The van der Waals surface area contributed by atoms with Crippen molar-refractivity contribution in [1.82, 2.24) is 0 Å². The van der Waals surface area contributed by atoms with E-state index >= 15 is 0 Å². The zero-order valence-electron chi connectivity index (χ0n) is 8.74. The maximum atomic E-state index is 9.36. The Morgan fingerprint density at radius 2 is 2.07 bits per heavy atom. The van der Waals surface area contributed by atoms with Crippen molar-refractivity contribution in [3.05, 3.63) is 29.8 Å². The van der Waals surface area contributed by atoms with Crippen molar-refractivity contribution in [3.8, 4) is 11.8 Å². The van der Waals surface area contributed by atoms with Gasteiger partial charge >= 0.3 is 0 Å². The fraction of sp³-hybridized carbons (Fsp3) is 0.462. The predicted octanol–water partition coefficient (Wildman–Crippen LogP) is 3.02. The van der Waals surface area contributed by atoms with Crippen LogP contribution in [-0.2, 0) is 6.42 Å². The van der Waals surface area contributed by atoms with Crippen molar-refractivity contribution < 1.29 is 5.11 Å². The van der Waals surface area contributed by atoms with Crippen molar-refractivity contribution in [2.24, 2.45) is 5.41 Å². The van der Waals surface area contributed by atoms with Gasteiger partial charge in [-0.15, -0.1) is 0 Å². The number of nitriles is 1. The molecule has 78 valence electrons. The fourth-order valence-corrected chi connectivity index (χ4v) is 2.44. The second-order valence-corrected chi connectivity index (χ2v) is 4.45. The van der Waals surface area contributed by atoms with Gasteiger partial charge in [0.15, 0.2) is 0 Å². The predicted molar refractivity (Wildman–Crippen MR) is 58.3 cm³/mol. The van der Waals surface area contributed by atoms with E-state index in [9.17, 15) is 10.4 Å². The zero-order chi connectivity index (χ0) is 10.7. The Labute approximate surface area is 90.2 Å². The molecule has 2 heteroatoms. The van der Waals surface area contributed by atoms with Crippen molar-refractivity contribution in [1.29, 1.82) is 5.26 Å². The van der Waals surface area contributed by atoms with Gasteiger partial charge in [0.25, 0.3) is 0 Å². The third kappa shape index (κ3) is 2.12. The summed E-state index contributed by atoms with van der Waals surface area (Å²) in [5, 5.41) is 18.6. The molecule has 1 aliphatic rings. The largest absolute Gasteiger partial charge is 0.508 e. The molecule has 0 unspecified atom stereocenters. The Balaban J connectivity index is 2.17. The van der Waals surface area contributed by atoms with E-state index in [1.807, 2.05) is 12.1 Å². The molecule has 1 fully saturated rings. The van der Waals surface area contributed by atoms with Crippen LogP contribution in [0.25, 0.3) is 0 Å². The molecule has 0 saturated heterocycles.